The predicted octanol–water partition coefficient (Wildman–Crippen LogP) is 2.28. The maximum Gasteiger partial charge on any atom is 0.221 e. The Labute approximate surface area is 103 Å². The number of rotatable bonds is 4. The van der Waals surface area contributed by atoms with Crippen LogP contribution in [0.3, 0.4) is 0 Å². The predicted molar refractivity (Wildman–Crippen MR) is 66.6 cm³/mol. The van der Waals surface area contributed by atoms with Crippen LogP contribution in [0.1, 0.15) is 44.6 Å². The first-order chi connectivity index (χ1) is 8.35. The highest BCUT2D eigenvalue weighted by molar-refractivity contribution is 5.22. The van der Waals surface area contributed by atoms with Crippen molar-refractivity contribution in [2.24, 2.45) is 11.7 Å². The van der Waals surface area contributed by atoms with Gasteiger partial charge in [-0.15, -0.1) is 0 Å². The topological polar surface area (TPSA) is 61.0 Å². The highest BCUT2D eigenvalue weighted by Gasteiger charge is 2.26. The third kappa shape index (κ3) is 2.94. The van der Waals surface area contributed by atoms with Crippen molar-refractivity contribution in [2.75, 3.05) is 0 Å². The van der Waals surface area contributed by atoms with Crippen LogP contribution in [0, 0.1) is 5.92 Å². The Morgan fingerprint density at radius 2 is 2.24 bits per heavy atom. The van der Waals surface area contributed by atoms with E-state index in [1.807, 2.05) is 0 Å². The van der Waals surface area contributed by atoms with Crippen LogP contribution in [0.2, 0.25) is 0 Å². The summed E-state index contributed by atoms with van der Waals surface area (Å²) in [6.45, 7) is 2.66. The van der Waals surface area contributed by atoms with Crippen molar-refractivity contribution in [2.45, 2.75) is 51.7 Å². The second-order valence-corrected chi connectivity index (χ2v) is 4.67. The molecule has 1 heterocycles. The minimum Gasteiger partial charge on any atom is -0.474 e. The van der Waals surface area contributed by atoms with Gasteiger partial charge in [0, 0.05) is 18.3 Å². The Morgan fingerprint density at radius 1 is 1.41 bits per heavy atom. The molecule has 1 aliphatic rings. The quantitative estimate of drug-likeness (QED) is 0.869. The normalized spacial score (nSPS) is 24.6. The summed E-state index contributed by atoms with van der Waals surface area (Å²) in [6, 6.07) is 0. The third-order valence-corrected chi connectivity index (χ3v) is 3.59. The summed E-state index contributed by atoms with van der Waals surface area (Å²) in [7, 11) is 0. The van der Waals surface area contributed by atoms with Crippen molar-refractivity contribution in [1.29, 1.82) is 0 Å². The first-order valence-electron chi connectivity index (χ1n) is 6.50. The summed E-state index contributed by atoms with van der Waals surface area (Å²) in [6.07, 6.45) is 9.72. The molecule has 1 fully saturated rings. The fourth-order valence-electron chi connectivity index (χ4n) is 2.53. The summed E-state index contributed by atoms with van der Waals surface area (Å²) < 4.78 is 6.05. The molecule has 17 heavy (non-hydrogen) atoms. The molecule has 2 atom stereocenters. The Kier molecular flexibility index (Phi) is 4.31. The minimum atomic E-state index is 0.300. The summed E-state index contributed by atoms with van der Waals surface area (Å²) in [5.41, 5.74) is 6.56. The zero-order valence-electron chi connectivity index (χ0n) is 10.4. The first kappa shape index (κ1) is 12.3. The summed E-state index contributed by atoms with van der Waals surface area (Å²) in [5, 5.41) is 0. The second kappa shape index (κ2) is 5.96. The van der Waals surface area contributed by atoms with Crippen molar-refractivity contribution < 1.29 is 4.74 Å². The molecule has 4 heteroatoms. The van der Waals surface area contributed by atoms with Gasteiger partial charge in [-0.25, -0.2) is 9.97 Å². The van der Waals surface area contributed by atoms with Gasteiger partial charge in [0.15, 0.2) is 0 Å². The second-order valence-electron chi connectivity index (χ2n) is 4.67. The van der Waals surface area contributed by atoms with Crippen LogP contribution in [-0.2, 0) is 6.54 Å². The zero-order chi connectivity index (χ0) is 12.1. The highest BCUT2D eigenvalue weighted by Crippen LogP contribution is 2.30. The van der Waals surface area contributed by atoms with Crippen LogP contribution in [0.25, 0.3) is 0 Å². The maximum atomic E-state index is 6.05. The molecule has 1 aromatic heterocycles. The van der Waals surface area contributed by atoms with E-state index in [4.69, 9.17) is 10.5 Å². The molecule has 2 rings (SSSR count). The zero-order valence-corrected chi connectivity index (χ0v) is 10.4. The molecule has 0 saturated heterocycles. The number of ether oxygens (including phenoxy) is 1. The van der Waals surface area contributed by atoms with Gasteiger partial charge in [0.2, 0.25) is 5.88 Å². The van der Waals surface area contributed by atoms with E-state index in [-0.39, 0.29) is 0 Å². The maximum absolute atomic E-state index is 6.05. The monoisotopic (exact) mass is 235 g/mol. The van der Waals surface area contributed by atoms with Gasteiger partial charge < -0.3 is 10.5 Å². The van der Waals surface area contributed by atoms with Crippen molar-refractivity contribution in [3.8, 4) is 5.88 Å². The van der Waals surface area contributed by atoms with Crippen molar-refractivity contribution >= 4 is 0 Å². The van der Waals surface area contributed by atoms with Gasteiger partial charge in [0.05, 0.1) is 0 Å². The molecule has 0 amide bonds. The lowest BCUT2D eigenvalue weighted by Crippen LogP contribution is -2.30. The molecular formula is C13H21N3O. The summed E-state index contributed by atoms with van der Waals surface area (Å²) in [5.74, 6) is 1.33. The number of aromatic nitrogens is 2. The van der Waals surface area contributed by atoms with Crippen LogP contribution >= 0.6 is 0 Å². The van der Waals surface area contributed by atoms with E-state index >= 15 is 0 Å². The average molecular weight is 235 g/mol. The van der Waals surface area contributed by atoms with E-state index in [0.29, 0.717) is 24.4 Å². The Morgan fingerprint density at radius 3 is 3.00 bits per heavy atom. The van der Waals surface area contributed by atoms with Crippen LogP contribution in [-0.4, -0.2) is 16.1 Å². The lowest BCUT2D eigenvalue weighted by Gasteiger charge is -2.31. The smallest absolute Gasteiger partial charge is 0.221 e. The molecule has 2 N–H and O–H groups in total. The molecule has 0 aliphatic heterocycles. The Bertz CT molecular complexity index is 356. The van der Waals surface area contributed by atoms with E-state index in [9.17, 15) is 0 Å². The fourth-order valence-corrected chi connectivity index (χ4v) is 2.53. The number of hydrogen-bond acceptors (Lipinski definition) is 4. The van der Waals surface area contributed by atoms with E-state index in [1.54, 1.807) is 6.20 Å². The molecular weight excluding hydrogens is 214 g/mol. The largest absolute Gasteiger partial charge is 0.474 e. The molecule has 94 valence electrons. The molecule has 0 aromatic carbocycles. The van der Waals surface area contributed by atoms with Gasteiger partial charge in [0.25, 0.3) is 0 Å². The molecule has 0 spiro atoms. The van der Waals surface area contributed by atoms with Crippen LogP contribution < -0.4 is 10.5 Å². The Hall–Kier alpha value is -1.16. The lowest BCUT2D eigenvalue weighted by atomic mass is 9.85. The van der Waals surface area contributed by atoms with E-state index in [2.05, 4.69) is 16.9 Å². The van der Waals surface area contributed by atoms with Crippen molar-refractivity contribution in [1.82, 2.24) is 9.97 Å². The molecule has 1 saturated carbocycles. The summed E-state index contributed by atoms with van der Waals surface area (Å²) >= 11 is 0. The van der Waals surface area contributed by atoms with E-state index in [1.165, 1.54) is 32.0 Å². The molecule has 4 nitrogen and oxygen atoms in total. The van der Waals surface area contributed by atoms with Crippen LogP contribution in [0.15, 0.2) is 12.5 Å². The number of nitrogens with zero attached hydrogens (tertiary/aromatic N) is 2. The summed E-state index contributed by atoms with van der Waals surface area (Å²) in [4.78, 5) is 8.18. The number of nitrogens with two attached hydrogens (primary N) is 1. The van der Waals surface area contributed by atoms with Crippen molar-refractivity contribution in [3.05, 3.63) is 18.1 Å². The SMILES string of the molecule is CCC1CCCCC1Oc1ncncc1CN. The van der Waals surface area contributed by atoms with Gasteiger partial charge in [0.1, 0.15) is 12.4 Å². The standard InChI is InChI=1S/C13H21N3O/c1-2-10-5-3-4-6-12(10)17-13-11(7-14)8-15-9-16-13/h8-10,12H,2-7,14H2,1H3. The molecule has 0 bridgehead atoms. The lowest BCUT2D eigenvalue weighted by molar-refractivity contribution is 0.0846. The molecule has 1 aliphatic carbocycles. The van der Waals surface area contributed by atoms with Gasteiger partial charge >= 0.3 is 0 Å². The average Bonchev–Trinajstić information content (AvgIpc) is 2.40. The van der Waals surface area contributed by atoms with Gasteiger partial charge in [-0.05, 0) is 31.6 Å². The van der Waals surface area contributed by atoms with E-state index in [0.717, 1.165) is 12.0 Å². The first-order valence-corrected chi connectivity index (χ1v) is 6.50. The van der Waals surface area contributed by atoms with Crippen LogP contribution in [0.4, 0.5) is 0 Å². The molecule has 0 radical (unpaired) electrons. The van der Waals surface area contributed by atoms with Gasteiger partial charge in [-0.2, -0.15) is 0 Å². The van der Waals surface area contributed by atoms with Crippen LogP contribution in [0.5, 0.6) is 5.88 Å². The number of hydrogen-bond donors (Lipinski definition) is 1. The molecule has 1 aromatic rings. The van der Waals surface area contributed by atoms with Crippen molar-refractivity contribution in [3.63, 3.8) is 0 Å². The third-order valence-electron chi connectivity index (χ3n) is 3.59. The van der Waals surface area contributed by atoms with Gasteiger partial charge in [-0.1, -0.05) is 13.3 Å². The minimum absolute atomic E-state index is 0.300. The van der Waals surface area contributed by atoms with Gasteiger partial charge in [-0.3, -0.25) is 0 Å². The molecule has 2 unspecified atom stereocenters. The highest BCUT2D eigenvalue weighted by atomic mass is 16.5. The van der Waals surface area contributed by atoms with E-state index < -0.39 is 0 Å². The Balaban J connectivity index is 2.08. The fraction of sp³-hybridized carbons (Fsp3) is 0.692.